The first-order valence-corrected chi connectivity index (χ1v) is 5.12. The Labute approximate surface area is 81.7 Å². The summed E-state index contributed by atoms with van der Waals surface area (Å²) in [5.74, 6) is -0.0715. The Morgan fingerprint density at radius 3 is 2.31 bits per heavy atom. The molecule has 0 aliphatic rings. The maximum Gasteiger partial charge on any atom is 0.309 e. The van der Waals surface area contributed by atoms with Crippen LogP contribution in [0.2, 0.25) is 0 Å². The summed E-state index contributed by atoms with van der Waals surface area (Å²) in [6.45, 7) is 10.8. The molecular weight excluding hydrogens is 164 g/mol. The molecule has 0 bridgehead atoms. The second kappa shape index (κ2) is 5.25. The van der Waals surface area contributed by atoms with Gasteiger partial charge in [0.2, 0.25) is 0 Å². The number of carbonyl (C=O) groups is 1. The predicted molar refractivity (Wildman–Crippen MR) is 54.5 cm³/mol. The van der Waals surface area contributed by atoms with E-state index in [1.807, 2.05) is 13.8 Å². The lowest BCUT2D eigenvalue weighted by Gasteiger charge is -2.28. The summed E-state index contributed by atoms with van der Waals surface area (Å²) in [6, 6.07) is 0. The molecule has 0 amide bonds. The Bertz CT molecular complexity index is 161. The van der Waals surface area contributed by atoms with Gasteiger partial charge in [-0.15, -0.1) is 0 Å². The molecule has 0 heterocycles. The molecule has 1 atom stereocenters. The Hall–Kier alpha value is -0.530. The first kappa shape index (κ1) is 12.5. The van der Waals surface area contributed by atoms with Crippen molar-refractivity contribution in [3.05, 3.63) is 0 Å². The van der Waals surface area contributed by atoms with Crippen LogP contribution in [-0.2, 0) is 9.53 Å². The fourth-order valence-corrected chi connectivity index (χ4v) is 0.953. The van der Waals surface area contributed by atoms with Crippen LogP contribution >= 0.6 is 0 Å². The molecule has 0 saturated carbocycles. The maximum atomic E-state index is 11.5. The van der Waals surface area contributed by atoms with Gasteiger partial charge in [0.25, 0.3) is 0 Å². The molecule has 13 heavy (non-hydrogen) atoms. The SMILES string of the molecule is CCCOC(=O)[C@@H](C)C(C)(C)CC. The molecule has 78 valence electrons. The zero-order chi connectivity index (χ0) is 10.5. The van der Waals surface area contributed by atoms with Gasteiger partial charge in [-0.2, -0.15) is 0 Å². The van der Waals surface area contributed by atoms with Gasteiger partial charge >= 0.3 is 5.97 Å². The predicted octanol–water partition coefficient (Wildman–Crippen LogP) is 3.01. The van der Waals surface area contributed by atoms with Crippen LogP contribution in [-0.4, -0.2) is 12.6 Å². The van der Waals surface area contributed by atoms with Crippen LogP contribution in [0, 0.1) is 11.3 Å². The highest BCUT2D eigenvalue weighted by Crippen LogP contribution is 2.30. The lowest BCUT2D eigenvalue weighted by molar-refractivity contribution is -0.152. The molecule has 0 radical (unpaired) electrons. The third-order valence-electron chi connectivity index (χ3n) is 2.89. The van der Waals surface area contributed by atoms with E-state index in [1.165, 1.54) is 0 Å². The summed E-state index contributed by atoms with van der Waals surface area (Å²) < 4.78 is 5.10. The quantitative estimate of drug-likeness (QED) is 0.617. The first-order valence-electron chi connectivity index (χ1n) is 5.12. The van der Waals surface area contributed by atoms with E-state index in [1.54, 1.807) is 0 Å². The number of esters is 1. The Morgan fingerprint density at radius 2 is 1.92 bits per heavy atom. The minimum absolute atomic E-state index is 0.0101. The molecule has 0 N–H and O–H groups in total. The Balaban J connectivity index is 4.09. The average Bonchev–Trinajstić information content (AvgIpc) is 2.12. The fourth-order valence-electron chi connectivity index (χ4n) is 0.953. The summed E-state index contributed by atoms with van der Waals surface area (Å²) in [5, 5.41) is 0. The van der Waals surface area contributed by atoms with E-state index >= 15 is 0 Å². The van der Waals surface area contributed by atoms with Crippen molar-refractivity contribution in [3.63, 3.8) is 0 Å². The molecule has 0 aromatic heterocycles. The molecule has 2 heteroatoms. The molecule has 0 unspecified atom stereocenters. The van der Waals surface area contributed by atoms with E-state index in [2.05, 4.69) is 20.8 Å². The number of hydrogen-bond acceptors (Lipinski definition) is 2. The lowest BCUT2D eigenvalue weighted by Crippen LogP contribution is -2.29. The molecule has 0 saturated heterocycles. The summed E-state index contributed by atoms with van der Waals surface area (Å²) in [6.07, 6.45) is 1.89. The normalized spacial score (nSPS) is 13.9. The van der Waals surface area contributed by atoms with Crippen LogP contribution in [0.5, 0.6) is 0 Å². The zero-order valence-corrected chi connectivity index (χ0v) is 9.52. The van der Waals surface area contributed by atoms with Crippen molar-refractivity contribution in [1.29, 1.82) is 0 Å². The number of carbonyl (C=O) groups excluding carboxylic acids is 1. The minimum Gasteiger partial charge on any atom is -0.465 e. The van der Waals surface area contributed by atoms with Crippen molar-refractivity contribution in [2.24, 2.45) is 11.3 Å². The Kier molecular flexibility index (Phi) is 5.04. The van der Waals surface area contributed by atoms with Crippen LogP contribution in [0.3, 0.4) is 0 Å². The van der Waals surface area contributed by atoms with Gasteiger partial charge in [-0.1, -0.05) is 41.0 Å². The van der Waals surface area contributed by atoms with Crippen LogP contribution in [0.25, 0.3) is 0 Å². The van der Waals surface area contributed by atoms with Gasteiger partial charge < -0.3 is 4.74 Å². The maximum absolute atomic E-state index is 11.5. The van der Waals surface area contributed by atoms with E-state index < -0.39 is 0 Å². The molecule has 0 fully saturated rings. The lowest BCUT2D eigenvalue weighted by atomic mass is 9.78. The van der Waals surface area contributed by atoms with Gasteiger partial charge in [0.15, 0.2) is 0 Å². The first-order chi connectivity index (χ1) is 5.95. The van der Waals surface area contributed by atoms with E-state index in [0.717, 1.165) is 12.8 Å². The molecule has 2 nitrogen and oxygen atoms in total. The molecule has 0 aromatic rings. The van der Waals surface area contributed by atoms with Crippen molar-refractivity contribution >= 4 is 5.97 Å². The van der Waals surface area contributed by atoms with Crippen LogP contribution in [0.15, 0.2) is 0 Å². The number of hydrogen-bond donors (Lipinski definition) is 0. The summed E-state index contributed by atoms with van der Waals surface area (Å²) >= 11 is 0. The van der Waals surface area contributed by atoms with Crippen molar-refractivity contribution in [2.45, 2.75) is 47.5 Å². The van der Waals surface area contributed by atoms with E-state index in [-0.39, 0.29) is 17.3 Å². The Morgan fingerprint density at radius 1 is 1.38 bits per heavy atom. The van der Waals surface area contributed by atoms with E-state index in [0.29, 0.717) is 6.61 Å². The highest BCUT2D eigenvalue weighted by molar-refractivity contribution is 5.72. The molecule has 0 aliphatic heterocycles. The fraction of sp³-hybridized carbons (Fsp3) is 0.909. The van der Waals surface area contributed by atoms with Gasteiger partial charge in [0, 0.05) is 0 Å². The third kappa shape index (κ3) is 3.79. The van der Waals surface area contributed by atoms with Crippen molar-refractivity contribution in [2.75, 3.05) is 6.61 Å². The summed E-state index contributed by atoms with van der Waals surface area (Å²) in [4.78, 5) is 11.5. The zero-order valence-electron chi connectivity index (χ0n) is 9.52. The highest BCUT2D eigenvalue weighted by atomic mass is 16.5. The number of rotatable bonds is 5. The second-order valence-corrected chi connectivity index (χ2v) is 4.23. The van der Waals surface area contributed by atoms with Crippen LogP contribution in [0.4, 0.5) is 0 Å². The van der Waals surface area contributed by atoms with Gasteiger partial charge in [-0.05, 0) is 11.8 Å². The smallest absolute Gasteiger partial charge is 0.309 e. The third-order valence-corrected chi connectivity index (χ3v) is 2.89. The van der Waals surface area contributed by atoms with Crippen molar-refractivity contribution < 1.29 is 9.53 Å². The largest absolute Gasteiger partial charge is 0.465 e. The molecule has 0 aliphatic carbocycles. The topological polar surface area (TPSA) is 26.3 Å². The van der Waals surface area contributed by atoms with E-state index in [4.69, 9.17) is 4.74 Å². The second-order valence-electron chi connectivity index (χ2n) is 4.23. The summed E-state index contributed by atoms with van der Waals surface area (Å²) in [7, 11) is 0. The van der Waals surface area contributed by atoms with Crippen LogP contribution in [0.1, 0.15) is 47.5 Å². The van der Waals surface area contributed by atoms with Crippen molar-refractivity contribution in [1.82, 2.24) is 0 Å². The minimum atomic E-state index is -0.0614. The van der Waals surface area contributed by atoms with Gasteiger partial charge in [0.1, 0.15) is 0 Å². The monoisotopic (exact) mass is 186 g/mol. The molecular formula is C11H22O2. The molecule has 0 spiro atoms. The van der Waals surface area contributed by atoms with Gasteiger partial charge in [-0.3, -0.25) is 4.79 Å². The van der Waals surface area contributed by atoms with Crippen LogP contribution < -0.4 is 0 Å². The standard InChI is InChI=1S/C11H22O2/c1-6-8-13-10(12)9(3)11(4,5)7-2/h9H,6-8H2,1-5H3/t9-/m1/s1. The summed E-state index contributed by atoms with van der Waals surface area (Å²) in [5.41, 5.74) is 0.0465. The van der Waals surface area contributed by atoms with E-state index in [9.17, 15) is 4.79 Å². The average molecular weight is 186 g/mol. The highest BCUT2D eigenvalue weighted by Gasteiger charge is 2.30. The van der Waals surface area contributed by atoms with Gasteiger partial charge in [-0.25, -0.2) is 0 Å². The number of ether oxygens (including phenoxy) is 1. The van der Waals surface area contributed by atoms with Crippen molar-refractivity contribution in [3.8, 4) is 0 Å². The molecule has 0 rings (SSSR count). The molecule has 0 aromatic carbocycles. The van der Waals surface area contributed by atoms with Gasteiger partial charge in [0.05, 0.1) is 12.5 Å².